The van der Waals surface area contributed by atoms with Crippen molar-refractivity contribution in [1.82, 2.24) is 4.57 Å². The van der Waals surface area contributed by atoms with Crippen molar-refractivity contribution in [3.8, 4) is 0 Å². The van der Waals surface area contributed by atoms with Crippen LogP contribution in [-0.4, -0.2) is 35.9 Å². The van der Waals surface area contributed by atoms with Gasteiger partial charge in [-0.1, -0.05) is 18.2 Å². The standard InChI is InChI=1S/C14H21N3O/c1-16(9-11(18)7-8-15)14-10-17(2)13-6-4-3-5-12(13)14/h3-6,10-11,18H,7-9,15H2,1-2H3. The molecule has 1 aromatic carbocycles. The average Bonchev–Trinajstić information content (AvgIpc) is 2.68. The first-order chi connectivity index (χ1) is 8.63. The molecule has 0 amide bonds. The fraction of sp³-hybridized carbons (Fsp3) is 0.429. The molecule has 1 unspecified atom stereocenters. The molecule has 1 aromatic heterocycles. The van der Waals surface area contributed by atoms with E-state index in [4.69, 9.17) is 5.73 Å². The summed E-state index contributed by atoms with van der Waals surface area (Å²) in [6.45, 7) is 1.12. The van der Waals surface area contributed by atoms with Crippen molar-refractivity contribution in [2.75, 3.05) is 25.0 Å². The number of aliphatic hydroxyl groups excluding tert-OH is 1. The minimum Gasteiger partial charge on any atom is -0.391 e. The number of aryl methyl sites for hydroxylation is 1. The maximum atomic E-state index is 9.83. The van der Waals surface area contributed by atoms with Gasteiger partial charge in [0.05, 0.1) is 11.8 Å². The Hall–Kier alpha value is -1.52. The van der Waals surface area contributed by atoms with Crippen LogP contribution < -0.4 is 10.6 Å². The number of fused-ring (bicyclic) bond motifs is 1. The van der Waals surface area contributed by atoms with E-state index in [0.717, 1.165) is 5.69 Å². The maximum absolute atomic E-state index is 9.83. The lowest BCUT2D eigenvalue weighted by Gasteiger charge is -2.21. The zero-order valence-corrected chi connectivity index (χ0v) is 11.0. The topological polar surface area (TPSA) is 54.4 Å². The van der Waals surface area contributed by atoms with Gasteiger partial charge < -0.3 is 20.3 Å². The second kappa shape index (κ2) is 5.42. The smallest absolute Gasteiger partial charge is 0.0727 e. The van der Waals surface area contributed by atoms with E-state index in [1.165, 1.54) is 10.9 Å². The Balaban J connectivity index is 2.25. The first-order valence-corrected chi connectivity index (χ1v) is 6.27. The number of nitrogens with two attached hydrogens (primary N) is 1. The molecule has 0 spiro atoms. The van der Waals surface area contributed by atoms with E-state index in [1.807, 2.05) is 26.2 Å². The molecule has 0 radical (unpaired) electrons. The minimum absolute atomic E-state index is 0.376. The summed E-state index contributed by atoms with van der Waals surface area (Å²) in [6.07, 6.45) is 2.36. The van der Waals surface area contributed by atoms with Crippen LogP contribution in [0, 0.1) is 0 Å². The van der Waals surface area contributed by atoms with Gasteiger partial charge in [-0.15, -0.1) is 0 Å². The summed E-state index contributed by atoms with van der Waals surface area (Å²) in [6, 6.07) is 8.28. The van der Waals surface area contributed by atoms with Crippen LogP contribution in [0.4, 0.5) is 5.69 Å². The van der Waals surface area contributed by atoms with E-state index in [0.29, 0.717) is 19.5 Å². The monoisotopic (exact) mass is 247 g/mol. The van der Waals surface area contributed by atoms with Gasteiger partial charge in [0, 0.05) is 37.7 Å². The van der Waals surface area contributed by atoms with Crippen molar-refractivity contribution in [3.63, 3.8) is 0 Å². The molecular weight excluding hydrogens is 226 g/mol. The van der Waals surface area contributed by atoms with Crippen LogP contribution in [0.2, 0.25) is 0 Å². The van der Waals surface area contributed by atoms with Crippen LogP contribution in [0.25, 0.3) is 10.9 Å². The quantitative estimate of drug-likeness (QED) is 0.838. The van der Waals surface area contributed by atoms with Crippen molar-refractivity contribution < 1.29 is 5.11 Å². The molecule has 0 aliphatic rings. The Bertz CT molecular complexity index is 521. The summed E-state index contributed by atoms with van der Waals surface area (Å²) in [5.74, 6) is 0. The summed E-state index contributed by atoms with van der Waals surface area (Å²) in [4.78, 5) is 2.09. The van der Waals surface area contributed by atoms with Gasteiger partial charge in [0.2, 0.25) is 0 Å². The molecule has 18 heavy (non-hydrogen) atoms. The Kier molecular flexibility index (Phi) is 3.89. The molecule has 4 nitrogen and oxygen atoms in total. The Morgan fingerprint density at radius 1 is 1.39 bits per heavy atom. The molecule has 2 aromatic rings. The fourth-order valence-corrected chi connectivity index (χ4v) is 2.32. The van der Waals surface area contributed by atoms with Gasteiger partial charge in [0.1, 0.15) is 0 Å². The van der Waals surface area contributed by atoms with E-state index >= 15 is 0 Å². The van der Waals surface area contributed by atoms with Crippen molar-refractivity contribution in [1.29, 1.82) is 0 Å². The first-order valence-electron chi connectivity index (χ1n) is 6.27. The zero-order chi connectivity index (χ0) is 13.1. The molecule has 0 aliphatic heterocycles. The number of benzene rings is 1. The van der Waals surface area contributed by atoms with Crippen molar-refractivity contribution >= 4 is 16.6 Å². The highest BCUT2D eigenvalue weighted by Crippen LogP contribution is 2.27. The molecule has 1 atom stereocenters. The third-order valence-electron chi connectivity index (χ3n) is 3.27. The molecular formula is C14H21N3O. The van der Waals surface area contributed by atoms with E-state index in [2.05, 4.69) is 27.8 Å². The number of para-hydroxylation sites is 1. The summed E-state index contributed by atoms with van der Waals surface area (Å²) in [7, 11) is 4.04. The highest BCUT2D eigenvalue weighted by Gasteiger charge is 2.13. The largest absolute Gasteiger partial charge is 0.391 e. The van der Waals surface area contributed by atoms with Crippen molar-refractivity contribution in [2.45, 2.75) is 12.5 Å². The van der Waals surface area contributed by atoms with Crippen LogP contribution >= 0.6 is 0 Å². The zero-order valence-electron chi connectivity index (χ0n) is 11.0. The highest BCUT2D eigenvalue weighted by molar-refractivity contribution is 5.93. The number of aromatic nitrogens is 1. The SMILES string of the molecule is CN(CC(O)CCN)c1cn(C)c2ccccc12. The van der Waals surface area contributed by atoms with Gasteiger partial charge >= 0.3 is 0 Å². The number of nitrogens with zero attached hydrogens (tertiary/aromatic N) is 2. The first kappa shape index (κ1) is 12.9. The lowest BCUT2D eigenvalue weighted by molar-refractivity contribution is 0.174. The van der Waals surface area contributed by atoms with Crippen LogP contribution in [0.1, 0.15) is 6.42 Å². The van der Waals surface area contributed by atoms with Crippen LogP contribution in [0.15, 0.2) is 30.5 Å². The van der Waals surface area contributed by atoms with Crippen LogP contribution in [0.5, 0.6) is 0 Å². The minimum atomic E-state index is -0.376. The predicted octanol–water partition coefficient (Wildman–Crippen LogP) is 1.32. The lowest BCUT2D eigenvalue weighted by atomic mass is 10.2. The molecule has 1 heterocycles. The molecule has 0 aliphatic carbocycles. The average molecular weight is 247 g/mol. The second-order valence-electron chi connectivity index (χ2n) is 4.75. The molecule has 4 heteroatoms. The van der Waals surface area contributed by atoms with Crippen molar-refractivity contribution in [2.24, 2.45) is 12.8 Å². The summed E-state index contributed by atoms with van der Waals surface area (Å²) in [5.41, 5.74) is 7.80. The third kappa shape index (κ3) is 2.49. The number of hydrogen-bond donors (Lipinski definition) is 2. The molecule has 0 saturated carbocycles. The molecule has 0 fully saturated rings. The Labute approximate surface area is 108 Å². The van der Waals surface area contributed by atoms with Gasteiger partial charge in [-0.2, -0.15) is 0 Å². The summed E-state index contributed by atoms with van der Waals surface area (Å²) < 4.78 is 2.11. The van der Waals surface area contributed by atoms with E-state index < -0.39 is 0 Å². The Morgan fingerprint density at radius 3 is 2.83 bits per heavy atom. The number of likely N-dealkylation sites (N-methyl/N-ethyl adjacent to an activating group) is 1. The molecule has 0 bridgehead atoms. The fourth-order valence-electron chi connectivity index (χ4n) is 2.32. The molecule has 2 rings (SSSR count). The van der Waals surface area contributed by atoms with Gasteiger partial charge in [-0.25, -0.2) is 0 Å². The number of rotatable bonds is 5. The second-order valence-corrected chi connectivity index (χ2v) is 4.75. The van der Waals surface area contributed by atoms with Gasteiger partial charge in [0.25, 0.3) is 0 Å². The predicted molar refractivity (Wildman–Crippen MR) is 75.9 cm³/mol. The van der Waals surface area contributed by atoms with Gasteiger partial charge in [-0.05, 0) is 19.0 Å². The number of anilines is 1. The lowest BCUT2D eigenvalue weighted by Crippen LogP contribution is -2.30. The summed E-state index contributed by atoms with van der Waals surface area (Å²) >= 11 is 0. The van der Waals surface area contributed by atoms with E-state index in [1.54, 1.807) is 0 Å². The Morgan fingerprint density at radius 2 is 2.11 bits per heavy atom. The van der Waals surface area contributed by atoms with Crippen LogP contribution in [0.3, 0.4) is 0 Å². The molecule has 3 N–H and O–H groups in total. The van der Waals surface area contributed by atoms with E-state index in [9.17, 15) is 5.11 Å². The number of aliphatic hydroxyl groups is 1. The van der Waals surface area contributed by atoms with E-state index in [-0.39, 0.29) is 6.10 Å². The third-order valence-corrected chi connectivity index (χ3v) is 3.27. The molecule has 98 valence electrons. The number of hydrogen-bond acceptors (Lipinski definition) is 3. The van der Waals surface area contributed by atoms with Crippen molar-refractivity contribution in [3.05, 3.63) is 30.5 Å². The summed E-state index contributed by atoms with van der Waals surface area (Å²) in [5, 5.41) is 11.0. The highest BCUT2D eigenvalue weighted by atomic mass is 16.3. The van der Waals surface area contributed by atoms with Crippen LogP contribution in [-0.2, 0) is 7.05 Å². The molecule has 0 saturated heterocycles. The normalized spacial score (nSPS) is 12.9. The van der Waals surface area contributed by atoms with Gasteiger partial charge in [-0.3, -0.25) is 0 Å². The van der Waals surface area contributed by atoms with Gasteiger partial charge in [0.15, 0.2) is 0 Å². The maximum Gasteiger partial charge on any atom is 0.0727 e.